The van der Waals surface area contributed by atoms with Gasteiger partial charge in [-0.1, -0.05) is 18.2 Å². The molecule has 0 aliphatic heterocycles. The van der Waals surface area contributed by atoms with Gasteiger partial charge in [0, 0.05) is 43.3 Å². The lowest BCUT2D eigenvalue weighted by molar-refractivity contribution is -0.141. The smallest absolute Gasteiger partial charge is 0.305 e. The fourth-order valence-electron chi connectivity index (χ4n) is 7.76. The highest BCUT2D eigenvalue weighted by atomic mass is 16.4. The van der Waals surface area contributed by atoms with E-state index in [0.29, 0.717) is 16.5 Å². The number of aromatic nitrogens is 1. The maximum absolute atomic E-state index is 14.2. The van der Waals surface area contributed by atoms with E-state index in [9.17, 15) is 102 Å². The van der Waals surface area contributed by atoms with Crippen molar-refractivity contribution in [3.63, 3.8) is 0 Å². The van der Waals surface area contributed by atoms with Gasteiger partial charge in [0.2, 0.25) is 82.7 Å². The Morgan fingerprint density at radius 3 is 1.25 bits per heavy atom. The summed E-state index contributed by atoms with van der Waals surface area (Å²) in [6, 6.07) is -11.5. The number of amides is 14. The zero-order valence-electron chi connectivity index (χ0n) is 46.1. The number of H-pyrrole nitrogens is 1. The van der Waals surface area contributed by atoms with Crippen LogP contribution in [-0.2, 0) is 87.9 Å². The van der Waals surface area contributed by atoms with Gasteiger partial charge in [0.05, 0.1) is 31.8 Å². The summed E-state index contributed by atoms with van der Waals surface area (Å²) in [5, 5.41) is 60.6. The molecule has 2 aromatic rings. The van der Waals surface area contributed by atoms with Gasteiger partial charge in [-0.15, -0.1) is 0 Å². The summed E-state index contributed by atoms with van der Waals surface area (Å²) in [7, 11) is 0. The van der Waals surface area contributed by atoms with E-state index in [-0.39, 0.29) is 0 Å². The summed E-state index contributed by atoms with van der Waals surface area (Å²) in [5.41, 5.74) is 21.9. The maximum Gasteiger partial charge on any atom is 0.305 e. The lowest BCUT2D eigenvalue weighted by Crippen LogP contribution is -2.61. The van der Waals surface area contributed by atoms with Gasteiger partial charge in [0.25, 0.3) is 0 Å². The standard InChI is InChI=1S/C49H69N15O21/c1-19(55-43(79)26(9-11-36(70)71)59-46(82)31(16-35(52)69)64-49(85)39(21(3)65)57-22(4)66)41(77)58-27(10-12-37(72)73)44(80)63-30(15-34(51)68)47(83)62-29(13-23-18-54-25-8-6-5-7-24(23)25)45(81)56-20(2)42(78)61-32(17-38(74)75)48(84)60-28(40(53)76)14-33(50)67/h5-8,18-21,26-32,39,54,65H,9-17H2,1-4H3,(H2,50,67)(H2,51,68)(H2,52,69)(H2,53,76)(H,55,79)(H,56,81)(H,57,66)(H,58,77)(H,59,82)(H,60,84)(H,61,78)(H,62,83)(H,63,80)(H,64,85)(H,70,71)(H,72,73)(H,74,75)/t19-,20-,21+,26-,27-,28-,29-,30-,31-,32-,39-/m0/s1. The second kappa shape index (κ2) is 33.6. The fourth-order valence-corrected chi connectivity index (χ4v) is 7.76. The monoisotopic (exact) mass is 1200 g/mol. The Hall–Kier alpha value is -10.3. The van der Waals surface area contributed by atoms with Crippen molar-refractivity contribution in [2.75, 3.05) is 0 Å². The number of hydrogen-bond acceptors (Lipinski definition) is 18. The molecule has 0 spiro atoms. The molecule has 0 saturated heterocycles. The first-order chi connectivity index (χ1) is 39.6. The van der Waals surface area contributed by atoms with Gasteiger partial charge in [-0.3, -0.25) is 81.5 Å². The van der Waals surface area contributed by atoms with E-state index in [1.54, 1.807) is 24.3 Å². The van der Waals surface area contributed by atoms with E-state index in [1.165, 1.54) is 6.20 Å². The number of primary amides is 4. The zero-order valence-corrected chi connectivity index (χ0v) is 46.1. The van der Waals surface area contributed by atoms with E-state index in [4.69, 9.17) is 22.9 Å². The Bertz CT molecular complexity index is 2890. The number of carboxylic acids is 3. The van der Waals surface area contributed by atoms with E-state index in [2.05, 4.69) is 52.8 Å². The number of benzene rings is 1. The third-order valence-electron chi connectivity index (χ3n) is 12.1. The quantitative estimate of drug-likeness (QED) is 0.0299. The summed E-state index contributed by atoms with van der Waals surface area (Å²) >= 11 is 0. The van der Waals surface area contributed by atoms with Crippen LogP contribution in [0.1, 0.15) is 84.6 Å². The van der Waals surface area contributed by atoms with Crippen molar-refractivity contribution in [3.05, 3.63) is 36.0 Å². The first-order valence-corrected chi connectivity index (χ1v) is 25.6. The minimum atomic E-state index is -2.02. The van der Waals surface area contributed by atoms with Gasteiger partial charge >= 0.3 is 17.9 Å². The third kappa shape index (κ3) is 24.8. The number of nitrogens with one attached hydrogen (secondary N) is 11. The molecule has 23 N–H and O–H groups in total. The van der Waals surface area contributed by atoms with Gasteiger partial charge in [-0.2, -0.15) is 0 Å². The number of carbonyl (C=O) groups is 17. The average molecular weight is 1200 g/mol. The van der Waals surface area contributed by atoms with Crippen molar-refractivity contribution in [2.45, 2.75) is 152 Å². The molecular weight excluding hydrogens is 1130 g/mol. The molecule has 0 bridgehead atoms. The molecule has 1 heterocycles. The summed E-state index contributed by atoms with van der Waals surface area (Å²) in [5.74, 6) is -21.4. The van der Waals surface area contributed by atoms with Crippen LogP contribution >= 0.6 is 0 Å². The Balaban J connectivity index is 2.45. The van der Waals surface area contributed by atoms with Gasteiger partial charge in [-0.25, -0.2) is 0 Å². The summed E-state index contributed by atoms with van der Waals surface area (Å²) in [4.78, 5) is 220. The number of aliphatic hydroxyl groups is 1. The number of carbonyl (C=O) groups excluding carboxylic acids is 14. The van der Waals surface area contributed by atoms with Crippen LogP contribution in [0.15, 0.2) is 30.5 Å². The van der Waals surface area contributed by atoms with Gasteiger partial charge in [-0.05, 0) is 45.2 Å². The van der Waals surface area contributed by atoms with Crippen molar-refractivity contribution in [1.29, 1.82) is 0 Å². The molecule has 0 radical (unpaired) electrons. The molecule has 1 aromatic carbocycles. The third-order valence-corrected chi connectivity index (χ3v) is 12.1. The highest BCUT2D eigenvalue weighted by Crippen LogP contribution is 2.20. The minimum Gasteiger partial charge on any atom is -0.481 e. The fraction of sp³-hybridized carbons (Fsp3) is 0.490. The molecule has 0 saturated carbocycles. The Labute approximate surface area is 481 Å². The van der Waals surface area contributed by atoms with Crippen LogP contribution in [0.3, 0.4) is 0 Å². The van der Waals surface area contributed by atoms with Crippen LogP contribution in [0.25, 0.3) is 10.9 Å². The Morgan fingerprint density at radius 1 is 0.447 bits per heavy atom. The molecule has 36 heteroatoms. The first-order valence-electron chi connectivity index (χ1n) is 25.6. The van der Waals surface area contributed by atoms with Crippen LogP contribution in [0, 0.1) is 0 Å². The molecule has 85 heavy (non-hydrogen) atoms. The van der Waals surface area contributed by atoms with E-state index < -0.39 is 225 Å². The largest absolute Gasteiger partial charge is 0.481 e. The van der Waals surface area contributed by atoms with Crippen molar-refractivity contribution >= 4 is 112 Å². The van der Waals surface area contributed by atoms with E-state index in [1.807, 2.05) is 5.32 Å². The first kappa shape index (κ1) is 70.8. The number of hydrogen-bond donors (Lipinski definition) is 19. The van der Waals surface area contributed by atoms with E-state index in [0.717, 1.165) is 27.7 Å². The van der Waals surface area contributed by atoms with Crippen LogP contribution in [0.5, 0.6) is 0 Å². The van der Waals surface area contributed by atoms with Crippen LogP contribution in [0.2, 0.25) is 0 Å². The van der Waals surface area contributed by atoms with Crippen molar-refractivity contribution in [2.24, 2.45) is 22.9 Å². The zero-order chi connectivity index (χ0) is 64.6. The number of carboxylic acid groups (broad SMARTS) is 3. The SMILES string of the molecule is CC(=O)N[C@H](C(=O)N[C@@H](CC(N)=O)C(=O)N[C@@H](CCC(=O)O)C(=O)N[C@@H](C)C(=O)N[C@@H](CCC(=O)O)C(=O)N[C@@H](CC(N)=O)C(=O)N[C@@H](Cc1c[nH]c2ccccc12)C(=O)N[C@@H](C)C(=O)N[C@@H](CC(=O)O)C(=O)N[C@@H](CC(N)=O)C(N)=O)[C@@H](C)O. The molecule has 0 aliphatic rings. The summed E-state index contributed by atoms with van der Waals surface area (Å²) < 4.78 is 0. The predicted molar refractivity (Wildman–Crippen MR) is 287 cm³/mol. The Morgan fingerprint density at radius 2 is 0.812 bits per heavy atom. The molecule has 0 unspecified atom stereocenters. The number of aliphatic hydroxyl groups excluding tert-OH is 1. The molecule has 1 aromatic heterocycles. The summed E-state index contributed by atoms with van der Waals surface area (Å²) in [6.07, 6.45) is -7.37. The molecule has 466 valence electrons. The molecule has 14 amide bonds. The molecule has 0 fully saturated rings. The summed E-state index contributed by atoms with van der Waals surface area (Å²) in [6.45, 7) is 4.23. The van der Waals surface area contributed by atoms with Crippen molar-refractivity contribution in [1.82, 2.24) is 58.2 Å². The maximum atomic E-state index is 14.2. The van der Waals surface area contributed by atoms with Crippen LogP contribution < -0.4 is 76.1 Å². The number of nitrogens with two attached hydrogens (primary N) is 4. The molecule has 0 aliphatic carbocycles. The average Bonchev–Trinajstić information content (AvgIpc) is 3.08. The number of para-hydroxylation sites is 1. The molecule has 11 atom stereocenters. The number of rotatable bonds is 37. The number of aromatic amines is 1. The predicted octanol–water partition coefficient (Wildman–Crippen LogP) is -8.69. The van der Waals surface area contributed by atoms with Gasteiger partial charge in [0.1, 0.15) is 60.4 Å². The molecular formula is C49H69N15O21. The van der Waals surface area contributed by atoms with Gasteiger partial charge < -0.3 is 102 Å². The second-order valence-corrected chi connectivity index (χ2v) is 19.2. The highest BCUT2D eigenvalue weighted by Gasteiger charge is 2.37. The highest BCUT2D eigenvalue weighted by molar-refractivity contribution is 6.01. The molecule has 2 rings (SSSR count). The molecule has 36 nitrogen and oxygen atoms in total. The van der Waals surface area contributed by atoms with Crippen LogP contribution in [0.4, 0.5) is 0 Å². The Kier molecular flexibility index (Phi) is 28.0. The lowest BCUT2D eigenvalue weighted by atomic mass is 10.0. The second-order valence-electron chi connectivity index (χ2n) is 19.2. The minimum absolute atomic E-state index is 0.373. The van der Waals surface area contributed by atoms with Crippen molar-refractivity contribution < 1.29 is 102 Å². The van der Waals surface area contributed by atoms with Crippen molar-refractivity contribution in [3.8, 4) is 0 Å². The normalized spacial score (nSPS) is 14.7. The lowest BCUT2D eigenvalue weighted by Gasteiger charge is -2.27. The van der Waals surface area contributed by atoms with Crippen LogP contribution in [-0.4, -0.2) is 193 Å². The number of fused-ring (bicyclic) bond motifs is 1. The number of aliphatic carboxylic acids is 3. The topological polar surface area (TPSA) is 611 Å². The van der Waals surface area contributed by atoms with Gasteiger partial charge in [0.15, 0.2) is 0 Å². The van der Waals surface area contributed by atoms with E-state index >= 15 is 0 Å².